The smallest absolute Gasteiger partial charge is 0.271 e. The zero-order valence-electron chi connectivity index (χ0n) is 11.3. The predicted molar refractivity (Wildman–Crippen MR) is 75.3 cm³/mol. The highest BCUT2D eigenvalue weighted by atomic mass is 32.1. The molecule has 114 valence electrons. The summed E-state index contributed by atoms with van der Waals surface area (Å²) < 4.78 is 39.4. The lowest BCUT2D eigenvalue weighted by molar-refractivity contribution is -0.199. The van der Waals surface area contributed by atoms with Crippen LogP contribution in [0.4, 0.5) is 13.2 Å². The minimum Gasteiger partial charge on any atom is -0.271 e. The third-order valence-corrected chi connectivity index (χ3v) is 5.19. The quantitative estimate of drug-likeness (QED) is 0.640. The van der Waals surface area contributed by atoms with Gasteiger partial charge in [-0.3, -0.25) is 11.3 Å². The molecule has 3 unspecified atom stereocenters. The van der Waals surface area contributed by atoms with Crippen LogP contribution < -0.4 is 11.3 Å². The number of nitrogens with two attached hydrogens (primary N) is 1. The second kappa shape index (κ2) is 6.91. The van der Waals surface area contributed by atoms with Gasteiger partial charge in [0.1, 0.15) is 0 Å². The van der Waals surface area contributed by atoms with E-state index >= 15 is 0 Å². The maximum absolute atomic E-state index is 13.1. The molecule has 0 radical (unpaired) electrons. The first-order chi connectivity index (χ1) is 9.52. The Hall–Kier alpha value is -0.590. The molecule has 1 aromatic heterocycles. The topological polar surface area (TPSA) is 38.0 Å². The lowest BCUT2D eigenvalue weighted by atomic mass is 9.74. The van der Waals surface area contributed by atoms with Gasteiger partial charge in [0.15, 0.2) is 0 Å². The Morgan fingerprint density at radius 1 is 1.35 bits per heavy atom. The Bertz CT molecular complexity index is 392. The van der Waals surface area contributed by atoms with Crippen molar-refractivity contribution >= 4 is 11.3 Å². The SMILES string of the molecule is NNC(CCc1cccs1)C1CCCCC1C(F)(F)F. The van der Waals surface area contributed by atoms with Crippen molar-refractivity contribution in [3.8, 4) is 0 Å². The van der Waals surface area contributed by atoms with Gasteiger partial charge in [-0.2, -0.15) is 13.2 Å². The number of aryl methyl sites for hydroxylation is 1. The third kappa shape index (κ3) is 3.96. The first-order valence-electron chi connectivity index (χ1n) is 7.07. The highest BCUT2D eigenvalue weighted by molar-refractivity contribution is 7.09. The summed E-state index contributed by atoms with van der Waals surface area (Å²) in [5.41, 5.74) is 2.64. The van der Waals surface area contributed by atoms with Gasteiger partial charge in [-0.15, -0.1) is 11.3 Å². The summed E-state index contributed by atoms with van der Waals surface area (Å²) in [4.78, 5) is 1.20. The number of alkyl halides is 3. The minimum absolute atomic E-state index is 0.241. The summed E-state index contributed by atoms with van der Waals surface area (Å²) in [7, 11) is 0. The molecule has 1 saturated carbocycles. The average molecular weight is 306 g/mol. The van der Waals surface area contributed by atoms with Crippen LogP contribution in [0.2, 0.25) is 0 Å². The Labute approximate surface area is 121 Å². The molecule has 1 aliphatic rings. The molecule has 20 heavy (non-hydrogen) atoms. The maximum Gasteiger partial charge on any atom is 0.392 e. The summed E-state index contributed by atoms with van der Waals surface area (Å²) in [6.07, 6.45) is -0.267. The largest absolute Gasteiger partial charge is 0.392 e. The molecule has 0 spiro atoms. The Balaban J connectivity index is 2.00. The van der Waals surface area contributed by atoms with Gasteiger partial charge < -0.3 is 0 Å². The molecule has 2 nitrogen and oxygen atoms in total. The zero-order valence-corrected chi connectivity index (χ0v) is 12.1. The van der Waals surface area contributed by atoms with Crippen LogP contribution in [0.5, 0.6) is 0 Å². The molecule has 1 heterocycles. The number of hydrogen-bond donors (Lipinski definition) is 2. The fraction of sp³-hybridized carbons (Fsp3) is 0.714. The summed E-state index contributed by atoms with van der Waals surface area (Å²) in [5.74, 6) is 3.93. The maximum atomic E-state index is 13.1. The molecule has 6 heteroatoms. The molecule has 0 saturated heterocycles. The monoisotopic (exact) mass is 306 g/mol. The van der Waals surface area contributed by atoms with Crippen LogP contribution in [0.3, 0.4) is 0 Å². The lowest BCUT2D eigenvalue weighted by Gasteiger charge is -2.37. The van der Waals surface area contributed by atoms with Crippen molar-refractivity contribution in [2.45, 2.75) is 50.7 Å². The molecule has 3 atom stereocenters. The molecular weight excluding hydrogens is 285 g/mol. The molecule has 3 N–H and O–H groups in total. The predicted octanol–water partition coefficient (Wildman–Crippen LogP) is 3.88. The van der Waals surface area contributed by atoms with Crippen molar-refractivity contribution in [1.82, 2.24) is 5.43 Å². The molecule has 1 fully saturated rings. The molecule has 0 bridgehead atoms. The van der Waals surface area contributed by atoms with Gasteiger partial charge in [0.25, 0.3) is 0 Å². The summed E-state index contributed by atoms with van der Waals surface area (Å²) in [6, 6.07) is 3.72. The van der Waals surface area contributed by atoms with Crippen LogP contribution in [-0.2, 0) is 6.42 Å². The summed E-state index contributed by atoms with van der Waals surface area (Å²) in [5, 5.41) is 1.99. The Morgan fingerprint density at radius 2 is 2.10 bits per heavy atom. The molecule has 2 rings (SSSR count). The molecule has 0 amide bonds. The van der Waals surface area contributed by atoms with Crippen molar-refractivity contribution in [2.24, 2.45) is 17.7 Å². The fourth-order valence-electron chi connectivity index (χ4n) is 3.22. The van der Waals surface area contributed by atoms with E-state index in [2.05, 4.69) is 5.43 Å². The van der Waals surface area contributed by atoms with Gasteiger partial charge in [0, 0.05) is 10.9 Å². The van der Waals surface area contributed by atoms with E-state index in [1.165, 1.54) is 4.88 Å². The first kappa shape index (κ1) is 15.8. The molecule has 0 aliphatic heterocycles. The Morgan fingerprint density at radius 3 is 2.70 bits per heavy atom. The van der Waals surface area contributed by atoms with Gasteiger partial charge in [0.2, 0.25) is 0 Å². The molecule has 0 aromatic carbocycles. The van der Waals surface area contributed by atoms with E-state index in [0.717, 1.165) is 12.8 Å². The number of halogens is 3. The molecule has 1 aromatic rings. The normalized spacial score (nSPS) is 25.6. The average Bonchev–Trinajstić information content (AvgIpc) is 2.92. The highest BCUT2D eigenvalue weighted by Crippen LogP contribution is 2.43. The van der Waals surface area contributed by atoms with Crippen LogP contribution in [-0.4, -0.2) is 12.2 Å². The second-order valence-electron chi connectivity index (χ2n) is 5.49. The van der Waals surface area contributed by atoms with E-state index in [0.29, 0.717) is 19.3 Å². The standard InChI is InChI=1S/C14H21F3N2S/c15-14(16,17)12-6-2-1-5-11(12)13(19-18)8-7-10-4-3-9-20-10/h3-4,9,11-13,19H,1-2,5-8,18H2. The van der Waals surface area contributed by atoms with Crippen molar-refractivity contribution < 1.29 is 13.2 Å². The Kier molecular flexibility index (Phi) is 5.46. The van der Waals surface area contributed by atoms with Crippen molar-refractivity contribution in [2.75, 3.05) is 0 Å². The molecule has 1 aliphatic carbocycles. The van der Waals surface area contributed by atoms with E-state index in [9.17, 15) is 13.2 Å². The third-order valence-electron chi connectivity index (χ3n) is 4.25. The van der Waals surface area contributed by atoms with Crippen LogP contribution >= 0.6 is 11.3 Å². The van der Waals surface area contributed by atoms with E-state index in [-0.39, 0.29) is 12.5 Å². The van der Waals surface area contributed by atoms with Crippen LogP contribution in [0.15, 0.2) is 17.5 Å². The van der Waals surface area contributed by atoms with Gasteiger partial charge >= 0.3 is 6.18 Å². The van der Waals surface area contributed by atoms with Crippen LogP contribution in [0.1, 0.15) is 37.0 Å². The fourth-order valence-corrected chi connectivity index (χ4v) is 3.95. The summed E-state index contributed by atoms with van der Waals surface area (Å²) >= 11 is 1.64. The van der Waals surface area contributed by atoms with Gasteiger partial charge in [-0.1, -0.05) is 18.9 Å². The number of rotatable bonds is 5. The number of nitrogens with one attached hydrogen (secondary N) is 1. The lowest BCUT2D eigenvalue weighted by Crippen LogP contribution is -2.48. The molecular formula is C14H21F3N2S. The first-order valence-corrected chi connectivity index (χ1v) is 7.95. The highest BCUT2D eigenvalue weighted by Gasteiger charge is 2.47. The number of hydrogen-bond acceptors (Lipinski definition) is 3. The zero-order chi connectivity index (χ0) is 14.6. The number of thiophene rings is 1. The summed E-state index contributed by atoms with van der Waals surface area (Å²) in [6.45, 7) is 0. The van der Waals surface area contributed by atoms with Crippen molar-refractivity contribution in [1.29, 1.82) is 0 Å². The van der Waals surface area contributed by atoms with E-state index in [4.69, 9.17) is 5.84 Å². The van der Waals surface area contributed by atoms with Crippen molar-refractivity contribution in [3.05, 3.63) is 22.4 Å². The van der Waals surface area contributed by atoms with Crippen LogP contribution in [0, 0.1) is 11.8 Å². The minimum atomic E-state index is -4.11. The van der Waals surface area contributed by atoms with Gasteiger partial charge in [0.05, 0.1) is 5.92 Å². The van der Waals surface area contributed by atoms with Crippen LogP contribution in [0.25, 0.3) is 0 Å². The van der Waals surface area contributed by atoms with E-state index < -0.39 is 18.0 Å². The van der Waals surface area contributed by atoms with Crippen molar-refractivity contribution in [3.63, 3.8) is 0 Å². The van der Waals surface area contributed by atoms with Gasteiger partial charge in [-0.05, 0) is 43.0 Å². The van der Waals surface area contributed by atoms with Gasteiger partial charge in [-0.25, -0.2) is 0 Å². The number of hydrazine groups is 1. The second-order valence-corrected chi connectivity index (χ2v) is 6.52. The van der Waals surface area contributed by atoms with E-state index in [1.54, 1.807) is 11.3 Å². The van der Waals surface area contributed by atoms with E-state index in [1.807, 2.05) is 17.5 Å².